The third kappa shape index (κ3) is 4.11. The number of nitro groups is 2. The molecule has 1 aliphatic heterocycles. The van der Waals surface area contributed by atoms with Crippen molar-refractivity contribution >= 4 is 44.9 Å². The summed E-state index contributed by atoms with van der Waals surface area (Å²) in [5, 5.41) is 33.2. The minimum atomic E-state index is -0.434. The van der Waals surface area contributed by atoms with Gasteiger partial charge in [-0.05, 0) is 29.1 Å². The second-order valence-electron chi connectivity index (χ2n) is 7.26. The molecule has 1 atom stereocenters. The van der Waals surface area contributed by atoms with Crippen molar-refractivity contribution in [2.24, 2.45) is 5.10 Å². The molecule has 11 heteroatoms. The molecule has 0 saturated carbocycles. The molecule has 0 aliphatic carbocycles. The Morgan fingerprint density at radius 1 is 0.909 bits per heavy atom. The fourth-order valence-corrected chi connectivity index (χ4v) is 5.17. The molecule has 9 nitrogen and oxygen atoms in total. The smallest absolute Gasteiger partial charge is 0.258 e. The Balaban J connectivity index is 1.49. The topological polar surface area (TPSA) is 115 Å². The number of thiazole rings is 1. The Morgan fingerprint density at radius 2 is 1.58 bits per heavy atom. The highest BCUT2D eigenvalue weighted by atomic mass is 32.1. The maximum atomic E-state index is 11.1. The van der Waals surface area contributed by atoms with Crippen LogP contribution in [0.5, 0.6) is 0 Å². The van der Waals surface area contributed by atoms with Crippen molar-refractivity contribution in [1.82, 2.24) is 4.98 Å². The number of thiophene rings is 1. The second-order valence-corrected chi connectivity index (χ2v) is 9.04. The largest absolute Gasteiger partial charge is 0.269 e. The summed E-state index contributed by atoms with van der Waals surface area (Å²) >= 11 is 3.03. The summed E-state index contributed by atoms with van der Waals surface area (Å²) in [6.45, 7) is 0. The number of benzene rings is 2. The molecule has 0 spiro atoms. The number of aromatic nitrogens is 1. The van der Waals surface area contributed by atoms with E-state index in [0.717, 1.165) is 21.7 Å². The fourth-order valence-electron chi connectivity index (χ4n) is 3.61. The zero-order chi connectivity index (χ0) is 22.9. The first-order valence-corrected chi connectivity index (χ1v) is 11.6. The van der Waals surface area contributed by atoms with Crippen LogP contribution in [0.25, 0.3) is 11.3 Å². The van der Waals surface area contributed by atoms with Gasteiger partial charge in [0, 0.05) is 41.6 Å². The lowest BCUT2D eigenvalue weighted by molar-refractivity contribution is -0.385. The number of nitro benzene ring substituents is 2. The lowest BCUT2D eigenvalue weighted by Crippen LogP contribution is -2.18. The monoisotopic (exact) mass is 477 g/mol. The minimum absolute atomic E-state index is 0.0252. The molecule has 0 bridgehead atoms. The van der Waals surface area contributed by atoms with Gasteiger partial charge in [0.1, 0.15) is 0 Å². The minimum Gasteiger partial charge on any atom is -0.258 e. The van der Waals surface area contributed by atoms with Gasteiger partial charge in [-0.25, -0.2) is 9.99 Å². The van der Waals surface area contributed by atoms with E-state index < -0.39 is 9.85 Å². The van der Waals surface area contributed by atoms with Crippen LogP contribution in [0.1, 0.15) is 22.9 Å². The molecule has 1 aliphatic rings. The molecule has 0 radical (unpaired) electrons. The van der Waals surface area contributed by atoms with Gasteiger partial charge in [-0.1, -0.05) is 18.2 Å². The quantitative estimate of drug-likeness (QED) is 0.247. The number of anilines is 1. The summed E-state index contributed by atoms with van der Waals surface area (Å²) in [7, 11) is 0. The van der Waals surface area contributed by atoms with Crippen molar-refractivity contribution < 1.29 is 9.85 Å². The van der Waals surface area contributed by atoms with Gasteiger partial charge in [-0.3, -0.25) is 20.2 Å². The number of nitrogens with zero attached hydrogens (tertiary/aromatic N) is 5. The number of hydrogen-bond donors (Lipinski definition) is 0. The average molecular weight is 478 g/mol. The van der Waals surface area contributed by atoms with Gasteiger partial charge >= 0.3 is 0 Å². The van der Waals surface area contributed by atoms with Gasteiger partial charge in [0.05, 0.1) is 32.2 Å². The Bertz CT molecular complexity index is 1350. The van der Waals surface area contributed by atoms with E-state index in [2.05, 4.69) is 0 Å². The van der Waals surface area contributed by atoms with Crippen molar-refractivity contribution in [3.8, 4) is 11.3 Å². The van der Waals surface area contributed by atoms with Crippen LogP contribution in [0.3, 0.4) is 0 Å². The lowest BCUT2D eigenvalue weighted by atomic mass is 10.0. The molecule has 0 saturated heterocycles. The fraction of sp³-hybridized carbons (Fsp3) is 0.0909. The van der Waals surface area contributed by atoms with Crippen LogP contribution in [-0.4, -0.2) is 20.5 Å². The molecule has 3 heterocycles. The Morgan fingerprint density at radius 3 is 2.18 bits per heavy atom. The maximum absolute atomic E-state index is 11.1. The van der Waals surface area contributed by atoms with Gasteiger partial charge in [0.25, 0.3) is 11.4 Å². The summed E-state index contributed by atoms with van der Waals surface area (Å²) < 4.78 is 0. The molecule has 2 aromatic carbocycles. The summed E-state index contributed by atoms with van der Waals surface area (Å²) in [5.74, 6) is 0. The summed E-state index contributed by atoms with van der Waals surface area (Å²) in [6, 6.07) is 16.6. The first-order valence-electron chi connectivity index (χ1n) is 9.85. The number of non-ortho nitro benzene ring substituents is 2. The van der Waals surface area contributed by atoms with Crippen LogP contribution in [0.15, 0.2) is 76.5 Å². The van der Waals surface area contributed by atoms with E-state index in [0.29, 0.717) is 17.2 Å². The molecule has 0 N–H and O–H groups in total. The average Bonchev–Trinajstić information content (AvgIpc) is 3.59. The van der Waals surface area contributed by atoms with Crippen molar-refractivity contribution in [2.75, 3.05) is 5.01 Å². The predicted molar refractivity (Wildman–Crippen MR) is 128 cm³/mol. The van der Waals surface area contributed by atoms with Crippen molar-refractivity contribution in [3.05, 3.63) is 102 Å². The molecule has 0 amide bonds. The third-order valence-corrected chi connectivity index (χ3v) is 7.02. The van der Waals surface area contributed by atoms with E-state index in [1.54, 1.807) is 35.6 Å². The van der Waals surface area contributed by atoms with Gasteiger partial charge in [-0.2, -0.15) is 5.10 Å². The van der Waals surface area contributed by atoms with Crippen LogP contribution in [-0.2, 0) is 0 Å². The molecule has 2 aromatic heterocycles. The van der Waals surface area contributed by atoms with Gasteiger partial charge in [0.2, 0.25) is 5.13 Å². The Labute approximate surface area is 195 Å². The highest BCUT2D eigenvalue weighted by Crippen LogP contribution is 2.40. The molecule has 5 rings (SSSR count). The second kappa shape index (κ2) is 8.52. The SMILES string of the molecule is O=[N+]([O-])c1ccc(-c2csc(N3N=C(c4cccs4)C[C@@H]3c3ccc([N+](=O)[O-])cc3)n2)cc1. The maximum Gasteiger partial charge on any atom is 0.269 e. The first-order chi connectivity index (χ1) is 16.0. The Hall–Kier alpha value is -3.96. The molecular weight excluding hydrogens is 462 g/mol. The number of rotatable bonds is 6. The van der Waals surface area contributed by atoms with E-state index >= 15 is 0 Å². The zero-order valence-electron chi connectivity index (χ0n) is 16.9. The van der Waals surface area contributed by atoms with Crippen LogP contribution in [0, 0.1) is 20.2 Å². The first kappa shape index (κ1) is 20.9. The highest BCUT2D eigenvalue weighted by Gasteiger charge is 2.32. The predicted octanol–water partition coefficient (Wildman–Crippen LogP) is 6.04. The highest BCUT2D eigenvalue weighted by molar-refractivity contribution is 7.14. The van der Waals surface area contributed by atoms with Crippen molar-refractivity contribution in [2.45, 2.75) is 12.5 Å². The van der Waals surface area contributed by atoms with Gasteiger partial charge in [0.15, 0.2) is 0 Å². The summed E-state index contributed by atoms with van der Waals surface area (Å²) in [6.07, 6.45) is 0.644. The van der Waals surface area contributed by atoms with Crippen LogP contribution in [0.2, 0.25) is 0 Å². The van der Waals surface area contributed by atoms with E-state index in [1.165, 1.54) is 35.6 Å². The molecule has 33 heavy (non-hydrogen) atoms. The normalized spacial score (nSPS) is 15.5. The van der Waals surface area contributed by atoms with E-state index in [1.807, 2.05) is 27.9 Å². The third-order valence-electron chi connectivity index (χ3n) is 5.27. The van der Waals surface area contributed by atoms with Crippen molar-refractivity contribution in [1.29, 1.82) is 0 Å². The van der Waals surface area contributed by atoms with Crippen LogP contribution in [0.4, 0.5) is 16.5 Å². The standard InChI is InChI=1S/C22H15N5O4S2/c28-26(29)16-7-3-14(4-8-16)19-13-33-22(23-19)25-20(12-18(24-25)21-2-1-11-32-21)15-5-9-17(10-6-15)27(30)31/h1-11,13,20H,12H2/t20-/m1/s1. The van der Waals surface area contributed by atoms with Gasteiger partial charge in [-0.15, -0.1) is 22.7 Å². The Kier molecular flexibility index (Phi) is 5.40. The molecule has 0 unspecified atom stereocenters. The van der Waals surface area contributed by atoms with Gasteiger partial charge < -0.3 is 0 Å². The van der Waals surface area contributed by atoms with E-state index in [9.17, 15) is 20.2 Å². The van der Waals surface area contributed by atoms with Crippen molar-refractivity contribution in [3.63, 3.8) is 0 Å². The van der Waals surface area contributed by atoms with Crippen LogP contribution >= 0.6 is 22.7 Å². The number of hydrazone groups is 1. The summed E-state index contributed by atoms with van der Waals surface area (Å²) in [4.78, 5) is 26.9. The van der Waals surface area contributed by atoms with Crippen LogP contribution < -0.4 is 5.01 Å². The number of hydrogen-bond acceptors (Lipinski definition) is 9. The molecule has 164 valence electrons. The zero-order valence-corrected chi connectivity index (χ0v) is 18.5. The molecule has 0 fully saturated rings. The molecule has 4 aromatic rings. The van der Waals surface area contributed by atoms with E-state index in [-0.39, 0.29) is 17.4 Å². The summed E-state index contributed by atoms with van der Waals surface area (Å²) in [5.41, 5.74) is 3.38. The molecular formula is C22H15N5O4S2. The van der Waals surface area contributed by atoms with E-state index in [4.69, 9.17) is 10.1 Å². The lowest BCUT2D eigenvalue weighted by Gasteiger charge is -2.21.